The highest BCUT2D eigenvalue weighted by Gasteiger charge is 2.17. The molecule has 2 aromatic heterocycles. The lowest BCUT2D eigenvalue weighted by Gasteiger charge is -2.12. The number of hydrogen-bond acceptors (Lipinski definition) is 4. The molecule has 7 heteroatoms. The Labute approximate surface area is 132 Å². The van der Waals surface area contributed by atoms with Crippen LogP contribution in [0, 0.1) is 0 Å². The number of rotatable bonds is 4. The molecule has 21 heavy (non-hydrogen) atoms. The molecule has 0 fully saturated rings. The Kier molecular flexibility index (Phi) is 4.98. The van der Waals surface area contributed by atoms with Crippen molar-refractivity contribution in [2.45, 2.75) is 12.8 Å². The van der Waals surface area contributed by atoms with E-state index in [1.54, 1.807) is 31.3 Å². The van der Waals surface area contributed by atoms with Gasteiger partial charge in [0.15, 0.2) is 0 Å². The second-order valence-electron chi connectivity index (χ2n) is 4.33. The van der Waals surface area contributed by atoms with Crippen LogP contribution in [0.15, 0.2) is 30.6 Å². The van der Waals surface area contributed by atoms with Gasteiger partial charge in [-0.15, -0.1) is 0 Å². The highest BCUT2D eigenvalue weighted by atomic mass is 35.5. The van der Waals surface area contributed by atoms with Crippen molar-refractivity contribution in [1.82, 2.24) is 9.97 Å². The van der Waals surface area contributed by atoms with Gasteiger partial charge in [-0.2, -0.15) is 0 Å². The predicted octanol–water partition coefficient (Wildman–Crippen LogP) is 3.53. The summed E-state index contributed by atoms with van der Waals surface area (Å²) in [6.07, 6.45) is 2.99. The lowest BCUT2D eigenvalue weighted by atomic mass is 10.0. The number of carbonyl (C=O) groups excluding carboxylic acids is 1. The SMILES string of the molecule is COc1cc(NC(=O)C(C)c2ccc(Cl)nc2)ncc1Cl. The zero-order valence-corrected chi connectivity index (χ0v) is 12.9. The number of pyridine rings is 2. The van der Waals surface area contributed by atoms with Crippen molar-refractivity contribution in [3.05, 3.63) is 46.3 Å². The van der Waals surface area contributed by atoms with Crippen molar-refractivity contribution in [2.75, 3.05) is 12.4 Å². The third-order valence-electron chi connectivity index (χ3n) is 2.93. The third-order valence-corrected chi connectivity index (χ3v) is 3.44. The quantitative estimate of drug-likeness (QED) is 0.873. The number of nitrogens with one attached hydrogen (secondary N) is 1. The largest absolute Gasteiger partial charge is 0.495 e. The van der Waals surface area contributed by atoms with E-state index in [2.05, 4.69) is 15.3 Å². The minimum Gasteiger partial charge on any atom is -0.495 e. The van der Waals surface area contributed by atoms with E-state index >= 15 is 0 Å². The Morgan fingerprint density at radius 3 is 2.67 bits per heavy atom. The fourth-order valence-electron chi connectivity index (χ4n) is 1.67. The maximum atomic E-state index is 12.2. The van der Waals surface area contributed by atoms with Crippen LogP contribution in [0.5, 0.6) is 5.75 Å². The van der Waals surface area contributed by atoms with Gasteiger partial charge in [0.25, 0.3) is 0 Å². The number of aromatic nitrogens is 2. The molecule has 1 N–H and O–H groups in total. The van der Waals surface area contributed by atoms with Gasteiger partial charge in [-0.25, -0.2) is 9.97 Å². The monoisotopic (exact) mass is 325 g/mol. The Hall–Kier alpha value is -1.85. The van der Waals surface area contributed by atoms with Gasteiger partial charge >= 0.3 is 0 Å². The number of nitrogens with zero attached hydrogens (tertiary/aromatic N) is 2. The number of carbonyl (C=O) groups is 1. The Morgan fingerprint density at radius 1 is 1.29 bits per heavy atom. The number of hydrogen-bond donors (Lipinski definition) is 1. The topological polar surface area (TPSA) is 64.1 Å². The molecule has 0 spiro atoms. The summed E-state index contributed by atoms with van der Waals surface area (Å²) in [6.45, 7) is 1.77. The molecule has 0 radical (unpaired) electrons. The van der Waals surface area contributed by atoms with Crippen LogP contribution in [-0.2, 0) is 4.79 Å². The second kappa shape index (κ2) is 6.74. The van der Waals surface area contributed by atoms with Crippen molar-refractivity contribution in [2.24, 2.45) is 0 Å². The average molecular weight is 326 g/mol. The van der Waals surface area contributed by atoms with Crippen molar-refractivity contribution in [1.29, 1.82) is 0 Å². The number of methoxy groups -OCH3 is 1. The van der Waals surface area contributed by atoms with Gasteiger partial charge in [-0.1, -0.05) is 29.3 Å². The summed E-state index contributed by atoms with van der Waals surface area (Å²) in [7, 11) is 1.49. The summed E-state index contributed by atoms with van der Waals surface area (Å²) < 4.78 is 5.08. The Bertz CT molecular complexity index is 647. The molecule has 0 saturated carbocycles. The van der Waals surface area contributed by atoms with Gasteiger partial charge in [0.05, 0.1) is 19.2 Å². The van der Waals surface area contributed by atoms with E-state index in [1.165, 1.54) is 13.3 Å². The Balaban J connectivity index is 2.12. The lowest BCUT2D eigenvalue weighted by Crippen LogP contribution is -2.19. The van der Waals surface area contributed by atoms with E-state index < -0.39 is 5.92 Å². The van der Waals surface area contributed by atoms with Crippen LogP contribution in [-0.4, -0.2) is 23.0 Å². The van der Waals surface area contributed by atoms with E-state index in [0.717, 1.165) is 5.56 Å². The van der Waals surface area contributed by atoms with Crippen LogP contribution < -0.4 is 10.1 Å². The first-order valence-electron chi connectivity index (χ1n) is 6.13. The summed E-state index contributed by atoms with van der Waals surface area (Å²) in [5.74, 6) is 0.215. The van der Waals surface area contributed by atoms with Crippen LogP contribution in [0.3, 0.4) is 0 Å². The van der Waals surface area contributed by atoms with Gasteiger partial charge in [0, 0.05) is 12.3 Å². The van der Waals surface area contributed by atoms with E-state index in [9.17, 15) is 4.79 Å². The van der Waals surface area contributed by atoms with Crippen molar-refractivity contribution >= 4 is 34.9 Å². The first kappa shape index (κ1) is 15.5. The summed E-state index contributed by atoms with van der Waals surface area (Å²) in [6, 6.07) is 4.97. The minimum absolute atomic E-state index is 0.212. The molecule has 2 heterocycles. The smallest absolute Gasteiger partial charge is 0.232 e. The molecule has 110 valence electrons. The summed E-state index contributed by atoms with van der Waals surface area (Å²) in [5, 5.41) is 3.47. The molecule has 1 unspecified atom stereocenters. The third kappa shape index (κ3) is 3.83. The van der Waals surface area contributed by atoms with Gasteiger partial charge in [0.1, 0.15) is 21.7 Å². The van der Waals surface area contributed by atoms with E-state index in [1.807, 2.05) is 0 Å². The molecule has 0 aliphatic heterocycles. The van der Waals surface area contributed by atoms with Crippen LogP contribution in [0.2, 0.25) is 10.2 Å². The molecule has 2 aromatic rings. The van der Waals surface area contributed by atoms with Crippen LogP contribution in [0.25, 0.3) is 0 Å². The molecule has 0 aromatic carbocycles. The van der Waals surface area contributed by atoms with Crippen LogP contribution >= 0.6 is 23.2 Å². The summed E-state index contributed by atoms with van der Waals surface area (Å²) in [4.78, 5) is 20.2. The zero-order valence-electron chi connectivity index (χ0n) is 11.4. The van der Waals surface area contributed by atoms with Crippen molar-refractivity contribution in [3.63, 3.8) is 0 Å². The van der Waals surface area contributed by atoms with E-state index in [-0.39, 0.29) is 5.91 Å². The van der Waals surface area contributed by atoms with Gasteiger partial charge in [-0.3, -0.25) is 4.79 Å². The van der Waals surface area contributed by atoms with Gasteiger partial charge in [-0.05, 0) is 18.6 Å². The summed E-state index contributed by atoms with van der Waals surface area (Å²) >= 11 is 11.6. The van der Waals surface area contributed by atoms with Gasteiger partial charge in [0.2, 0.25) is 5.91 Å². The normalized spacial score (nSPS) is 11.8. The van der Waals surface area contributed by atoms with Gasteiger partial charge < -0.3 is 10.1 Å². The minimum atomic E-state index is -0.391. The van der Waals surface area contributed by atoms with E-state index in [4.69, 9.17) is 27.9 Å². The standard InChI is InChI=1S/C14H13Cl2N3O2/c1-8(9-3-4-12(16)17-6-9)14(20)19-13-5-11(21-2)10(15)7-18-13/h3-8H,1-2H3,(H,18,19,20). The first-order valence-corrected chi connectivity index (χ1v) is 6.88. The Morgan fingerprint density at radius 2 is 2.05 bits per heavy atom. The van der Waals surface area contributed by atoms with Crippen molar-refractivity contribution in [3.8, 4) is 5.75 Å². The molecule has 5 nitrogen and oxygen atoms in total. The molecule has 1 amide bonds. The highest BCUT2D eigenvalue weighted by molar-refractivity contribution is 6.32. The number of amides is 1. The molecule has 0 bridgehead atoms. The lowest BCUT2D eigenvalue weighted by molar-refractivity contribution is -0.117. The molecule has 0 aliphatic carbocycles. The number of ether oxygens (including phenoxy) is 1. The molecule has 0 aliphatic rings. The number of anilines is 1. The molecular weight excluding hydrogens is 313 g/mol. The fourth-order valence-corrected chi connectivity index (χ4v) is 1.97. The maximum absolute atomic E-state index is 12.2. The predicted molar refractivity (Wildman–Crippen MR) is 82.1 cm³/mol. The van der Waals surface area contributed by atoms with Crippen LogP contribution in [0.4, 0.5) is 5.82 Å². The molecule has 1 atom stereocenters. The first-order chi connectivity index (χ1) is 10.0. The second-order valence-corrected chi connectivity index (χ2v) is 5.12. The van der Waals surface area contributed by atoms with Crippen molar-refractivity contribution < 1.29 is 9.53 Å². The highest BCUT2D eigenvalue weighted by Crippen LogP contribution is 2.26. The maximum Gasteiger partial charge on any atom is 0.232 e. The molecular formula is C14H13Cl2N3O2. The zero-order chi connectivity index (χ0) is 15.4. The fraction of sp³-hybridized carbons (Fsp3) is 0.214. The van der Waals surface area contributed by atoms with E-state index in [0.29, 0.717) is 21.7 Å². The average Bonchev–Trinajstić information content (AvgIpc) is 2.49. The number of halogens is 2. The summed E-state index contributed by atoms with van der Waals surface area (Å²) in [5.41, 5.74) is 0.762. The molecule has 0 saturated heterocycles. The molecule has 2 rings (SSSR count). The van der Waals surface area contributed by atoms with Crippen LogP contribution in [0.1, 0.15) is 18.4 Å².